The van der Waals surface area contributed by atoms with E-state index in [1.165, 1.54) is 35.4 Å². The molecule has 0 radical (unpaired) electrons. The molecule has 2 aromatic heterocycles. The van der Waals surface area contributed by atoms with Crippen molar-refractivity contribution in [3.05, 3.63) is 75.8 Å². The van der Waals surface area contributed by atoms with Gasteiger partial charge in [0, 0.05) is 31.0 Å². The average molecular weight is 380 g/mol. The van der Waals surface area contributed by atoms with Gasteiger partial charge in [-0.15, -0.1) is 0 Å². The van der Waals surface area contributed by atoms with Gasteiger partial charge in [0.15, 0.2) is 0 Å². The molecule has 3 heterocycles. The number of aromatic nitrogens is 2. The first-order valence-electron chi connectivity index (χ1n) is 9.33. The monoisotopic (exact) mass is 379 g/mol. The van der Waals surface area contributed by atoms with E-state index in [1.807, 2.05) is 25.1 Å². The lowest BCUT2D eigenvalue weighted by Gasteiger charge is -2.28. The fraction of sp³-hybridized carbons (Fsp3) is 0.273. The summed E-state index contributed by atoms with van der Waals surface area (Å²) in [5, 5.41) is 0.459. The zero-order valence-electron chi connectivity index (χ0n) is 15.4. The van der Waals surface area contributed by atoms with Crippen molar-refractivity contribution in [2.24, 2.45) is 0 Å². The molecule has 1 aliphatic rings. The van der Waals surface area contributed by atoms with Crippen molar-refractivity contribution in [1.82, 2.24) is 9.38 Å². The number of rotatable bonds is 3. The normalized spacial score (nSPS) is 15.3. The van der Waals surface area contributed by atoms with Gasteiger partial charge in [0.1, 0.15) is 5.65 Å². The molecule has 1 aliphatic heterocycles. The van der Waals surface area contributed by atoms with Crippen LogP contribution >= 0.6 is 11.6 Å². The van der Waals surface area contributed by atoms with Crippen molar-refractivity contribution < 1.29 is 0 Å². The number of hydrogen-bond acceptors (Lipinski definition) is 3. The average Bonchev–Trinajstić information content (AvgIpc) is 2.69. The largest absolute Gasteiger partial charge is 0.372 e. The van der Waals surface area contributed by atoms with Gasteiger partial charge in [-0.1, -0.05) is 29.8 Å². The Morgan fingerprint density at radius 1 is 1.07 bits per heavy atom. The van der Waals surface area contributed by atoms with E-state index in [0.717, 1.165) is 24.2 Å². The van der Waals surface area contributed by atoms with Crippen molar-refractivity contribution in [1.29, 1.82) is 0 Å². The summed E-state index contributed by atoms with van der Waals surface area (Å²) in [6, 6.07) is 13.6. The number of benzene rings is 1. The minimum Gasteiger partial charge on any atom is -0.372 e. The Hall–Kier alpha value is -2.59. The lowest BCUT2D eigenvalue weighted by Crippen LogP contribution is -2.29. The van der Waals surface area contributed by atoms with Crippen molar-refractivity contribution in [2.45, 2.75) is 26.2 Å². The molecule has 0 bridgehead atoms. The summed E-state index contributed by atoms with van der Waals surface area (Å²) in [5.41, 5.74) is 4.20. The van der Waals surface area contributed by atoms with Gasteiger partial charge >= 0.3 is 0 Å². The first-order valence-corrected chi connectivity index (χ1v) is 9.71. The number of fused-ring (bicyclic) bond motifs is 1. The highest BCUT2D eigenvalue weighted by molar-refractivity contribution is 6.51. The molecule has 1 saturated heterocycles. The van der Waals surface area contributed by atoms with Gasteiger partial charge in [0.05, 0.1) is 10.7 Å². The number of nitrogens with zero attached hydrogens (tertiary/aromatic N) is 3. The van der Waals surface area contributed by atoms with Crippen LogP contribution in [-0.2, 0) is 0 Å². The zero-order valence-corrected chi connectivity index (χ0v) is 16.1. The number of halogens is 1. The van der Waals surface area contributed by atoms with Gasteiger partial charge in [-0.2, -0.15) is 0 Å². The lowest BCUT2D eigenvalue weighted by atomic mass is 10.1. The second kappa shape index (κ2) is 7.57. The molecule has 0 spiro atoms. The van der Waals surface area contributed by atoms with Crippen LogP contribution in [0.15, 0.2) is 53.5 Å². The third-order valence-electron chi connectivity index (χ3n) is 4.96. The van der Waals surface area contributed by atoms with Crippen molar-refractivity contribution >= 4 is 34.0 Å². The van der Waals surface area contributed by atoms with Crippen LogP contribution in [0.1, 0.15) is 36.1 Å². The molecular formula is C22H22ClN3O. The standard InChI is InChI=1S/C22H22ClN3O/c1-16-5-10-21-24-20(14-22(27)26(21)15-16)19(23)13-17-6-8-18(9-7-17)25-11-3-2-4-12-25/h5-10,13-15H,2-4,11-12H2,1H3/b19-13-. The first-order chi connectivity index (χ1) is 13.1. The smallest absolute Gasteiger partial charge is 0.258 e. The maximum Gasteiger partial charge on any atom is 0.258 e. The first kappa shape index (κ1) is 17.8. The van der Waals surface area contributed by atoms with E-state index in [1.54, 1.807) is 6.20 Å². The van der Waals surface area contributed by atoms with Crippen molar-refractivity contribution in [3.8, 4) is 0 Å². The molecule has 1 fully saturated rings. The van der Waals surface area contributed by atoms with Crippen molar-refractivity contribution in [2.75, 3.05) is 18.0 Å². The Balaban J connectivity index is 1.61. The van der Waals surface area contributed by atoms with Crippen LogP contribution in [0, 0.1) is 6.92 Å². The summed E-state index contributed by atoms with van der Waals surface area (Å²) >= 11 is 6.47. The van der Waals surface area contributed by atoms with Crippen LogP contribution in [0.2, 0.25) is 0 Å². The van der Waals surface area contributed by atoms with Crippen molar-refractivity contribution in [3.63, 3.8) is 0 Å². The van der Waals surface area contributed by atoms with E-state index in [4.69, 9.17) is 11.6 Å². The van der Waals surface area contributed by atoms with E-state index in [9.17, 15) is 4.79 Å². The molecule has 27 heavy (non-hydrogen) atoms. The Morgan fingerprint density at radius 2 is 1.81 bits per heavy atom. The molecule has 4 nitrogen and oxygen atoms in total. The Bertz CT molecular complexity index is 1050. The molecular weight excluding hydrogens is 358 g/mol. The molecule has 4 rings (SSSR count). The molecule has 3 aromatic rings. The summed E-state index contributed by atoms with van der Waals surface area (Å²) < 4.78 is 1.54. The fourth-order valence-electron chi connectivity index (χ4n) is 3.49. The molecule has 138 valence electrons. The number of hydrogen-bond donors (Lipinski definition) is 0. The molecule has 0 aliphatic carbocycles. The molecule has 0 N–H and O–H groups in total. The van der Waals surface area contributed by atoms with Crippen LogP contribution in [-0.4, -0.2) is 22.5 Å². The number of pyridine rings is 1. The predicted molar refractivity (Wildman–Crippen MR) is 112 cm³/mol. The maximum absolute atomic E-state index is 12.4. The van der Waals surface area contributed by atoms with E-state index in [-0.39, 0.29) is 5.56 Å². The van der Waals surface area contributed by atoms with Gasteiger partial charge in [-0.05, 0) is 61.6 Å². The summed E-state index contributed by atoms with van der Waals surface area (Å²) in [6.07, 6.45) is 7.48. The van der Waals surface area contributed by atoms with Crippen LogP contribution in [0.4, 0.5) is 5.69 Å². The Kier molecular flexibility index (Phi) is 4.99. The minimum atomic E-state index is -0.134. The quantitative estimate of drug-likeness (QED) is 0.660. The van der Waals surface area contributed by atoms with Gasteiger partial charge in [-0.3, -0.25) is 9.20 Å². The number of anilines is 1. The summed E-state index contributed by atoms with van der Waals surface area (Å²) in [7, 11) is 0. The summed E-state index contributed by atoms with van der Waals surface area (Å²) in [6.45, 7) is 4.20. The Labute approximate surface area is 163 Å². The minimum absolute atomic E-state index is 0.134. The third kappa shape index (κ3) is 3.91. The van der Waals surface area contributed by atoms with Gasteiger partial charge < -0.3 is 4.90 Å². The highest BCUT2D eigenvalue weighted by atomic mass is 35.5. The van der Waals surface area contributed by atoms with Gasteiger partial charge in [0.25, 0.3) is 5.56 Å². The van der Waals surface area contributed by atoms with Crippen LogP contribution < -0.4 is 10.5 Å². The highest BCUT2D eigenvalue weighted by Gasteiger charge is 2.11. The SMILES string of the molecule is Cc1ccc2nc(/C(Cl)=C/c3ccc(N4CCCCC4)cc3)cc(=O)n2c1. The predicted octanol–water partition coefficient (Wildman–Crippen LogP) is 4.73. The van der Waals surface area contributed by atoms with Crippen LogP contribution in [0.5, 0.6) is 0 Å². The van der Waals surface area contributed by atoms with Gasteiger partial charge in [0.2, 0.25) is 0 Å². The summed E-state index contributed by atoms with van der Waals surface area (Å²) in [4.78, 5) is 19.3. The van der Waals surface area contributed by atoms with E-state index < -0.39 is 0 Å². The third-order valence-corrected chi connectivity index (χ3v) is 5.26. The maximum atomic E-state index is 12.4. The molecule has 0 amide bonds. The lowest BCUT2D eigenvalue weighted by molar-refractivity contribution is 0.578. The molecule has 5 heteroatoms. The van der Waals surface area contributed by atoms with E-state index >= 15 is 0 Å². The van der Waals surface area contributed by atoms with E-state index in [0.29, 0.717) is 16.4 Å². The second-order valence-corrected chi connectivity index (χ2v) is 7.45. The van der Waals surface area contributed by atoms with E-state index in [2.05, 4.69) is 34.1 Å². The summed E-state index contributed by atoms with van der Waals surface area (Å²) in [5.74, 6) is 0. The zero-order chi connectivity index (χ0) is 18.8. The Morgan fingerprint density at radius 3 is 2.56 bits per heavy atom. The second-order valence-electron chi connectivity index (χ2n) is 7.05. The number of piperidine rings is 1. The van der Waals surface area contributed by atoms with Crippen LogP contribution in [0.25, 0.3) is 16.8 Å². The highest BCUT2D eigenvalue weighted by Crippen LogP contribution is 2.24. The van der Waals surface area contributed by atoms with Crippen LogP contribution in [0.3, 0.4) is 0 Å². The molecule has 0 unspecified atom stereocenters. The molecule has 1 aromatic carbocycles. The molecule has 0 atom stereocenters. The van der Waals surface area contributed by atoms with Gasteiger partial charge in [-0.25, -0.2) is 4.98 Å². The fourth-order valence-corrected chi connectivity index (χ4v) is 3.71. The topological polar surface area (TPSA) is 37.6 Å². The number of aryl methyl sites for hydroxylation is 1. The molecule has 0 saturated carbocycles.